The topological polar surface area (TPSA) is 94.5 Å². The summed E-state index contributed by atoms with van der Waals surface area (Å²) in [7, 11) is -0.159. The molecule has 152 valence electrons. The van der Waals surface area contributed by atoms with Crippen molar-refractivity contribution in [2.24, 2.45) is 0 Å². The van der Waals surface area contributed by atoms with E-state index in [9.17, 15) is 8.42 Å². The van der Waals surface area contributed by atoms with E-state index in [0.29, 0.717) is 25.4 Å². The summed E-state index contributed by atoms with van der Waals surface area (Å²) >= 11 is 0. The van der Waals surface area contributed by atoms with E-state index in [2.05, 4.69) is 25.9 Å². The van der Waals surface area contributed by atoms with Crippen LogP contribution in [0.3, 0.4) is 0 Å². The van der Waals surface area contributed by atoms with E-state index in [0.717, 1.165) is 46.3 Å². The molecule has 9 heteroatoms. The molecule has 0 unspecified atom stereocenters. The molecule has 1 aromatic carbocycles. The van der Waals surface area contributed by atoms with Gasteiger partial charge in [0.25, 0.3) is 0 Å². The highest BCUT2D eigenvalue weighted by atomic mass is 32.2. The van der Waals surface area contributed by atoms with E-state index in [1.165, 1.54) is 0 Å². The third-order valence-electron chi connectivity index (χ3n) is 4.97. The number of fused-ring (bicyclic) bond motifs is 2. The van der Waals surface area contributed by atoms with Crippen molar-refractivity contribution >= 4 is 20.7 Å². The molecule has 3 aromatic rings. The highest BCUT2D eigenvalue weighted by Crippen LogP contribution is 2.28. The van der Waals surface area contributed by atoms with Crippen LogP contribution < -0.4 is 9.47 Å². The Labute approximate surface area is 169 Å². The molecule has 3 heterocycles. The molecule has 29 heavy (non-hydrogen) atoms. The molecule has 0 N–H and O–H groups in total. The fourth-order valence-corrected chi connectivity index (χ4v) is 4.02. The molecule has 0 aliphatic carbocycles. The average molecular weight is 414 g/mol. The predicted octanol–water partition coefficient (Wildman–Crippen LogP) is 2.00. The van der Waals surface area contributed by atoms with Gasteiger partial charge >= 0.3 is 0 Å². The largest absolute Gasteiger partial charge is 0.497 e. The molecule has 0 spiro atoms. The molecule has 0 saturated carbocycles. The first-order chi connectivity index (χ1) is 13.9. The molecule has 2 aromatic heterocycles. The van der Waals surface area contributed by atoms with Crippen LogP contribution in [0.25, 0.3) is 10.9 Å². The number of benzene rings is 1. The molecule has 0 bridgehead atoms. The van der Waals surface area contributed by atoms with Gasteiger partial charge in [-0.25, -0.2) is 23.4 Å². The monoisotopic (exact) mass is 414 g/mol. The van der Waals surface area contributed by atoms with Crippen LogP contribution in [0.5, 0.6) is 11.6 Å². The van der Waals surface area contributed by atoms with Crippen LogP contribution in [0.15, 0.2) is 35.6 Å². The summed E-state index contributed by atoms with van der Waals surface area (Å²) in [6.07, 6.45) is 3.41. The fraction of sp³-hybridized carbons (Fsp3) is 0.350. The maximum absolute atomic E-state index is 11.7. The van der Waals surface area contributed by atoms with Crippen LogP contribution in [-0.4, -0.2) is 55.3 Å². The minimum atomic E-state index is -3.40. The van der Waals surface area contributed by atoms with Gasteiger partial charge in [-0.05, 0) is 18.2 Å². The van der Waals surface area contributed by atoms with Crippen LogP contribution in [0.1, 0.15) is 16.8 Å². The fourth-order valence-electron chi connectivity index (χ4n) is 3.50. The van der Waals surface area contributed by atoms with Gasteiger partial charge in [-0.3, -0.25) is 4.90 Å². The highest BCUT2D eigenvalue weighted by Gasteiger charge is 2.22. The molecule has 0 fully saturated rings. The smallest absolute Gasteiger partial charge is 0.246 e. The maximum Gasteiger partial charge on any atom is 0.246 e. The lowest BCUT2D eigenvalue weighted by Crippen LogP contribution is -2.31. The van der Waals surface area contributed by atoms with Crippen LogP contribution in [-0.2, 0) is 29.3 Å². The maximum atomic E-state index is 11.7. The molecular formula is C20H22N4O4S. The zero-order chi connectivity index (χ0) is 20.6. The number of pyridine rings is 1. The van der Waals surface area contributed by atoms with Gasteiger partial charge in [0.05, 0.1) is 25.4 Å². The van der Waals surface area contributed by atoms with E-state index in [1.807, 2.05) is 18.2 Å². The third kappa shape index (κ3) is 4.01. The van der Waals surface area contributed by atoms with E-state index in [1.54, 1.807) is 20.4 Å². The number of nitrogens with zero attached hydrogens (tertiary/aromatic N) is 4. The van der Waals surface area contributed by atoms with Crippen molar-refractivity contribution in [3.05, 3.63) is 47.3 Å². The van der Waals surface area contributed by atoms with Crippen molar-refractivity contribution in [1.29, 1.82) is 0 Å². The van der Waals surface area contributed by atoms with Crippen LogP contribution in [0.2, 0.25) is 0 Å². The second kappa shape index (κ2) is 7.57. The summed E-state index contributed by atoms with van der Waals surface area (Å²) in [6.45, 7) is 2.06. The van der Waals surface area contributed by atoms with Crippen molar-refractivity contribution < 1.29 is 17.9 Å². The lowest BCUT2D eigenvalue weighted by molar-refractivity contribution is 0.237. The lowest BCUT2D eigenvalue weighted by atomic mass is 10.1. The van der Waals surface area contributed by atoms with Crippen molar-refractivity contribution in [2.75, 3.05) is 27.0 Å². The summed E-state index contributed by atoms with van der Waals surface area (Å²) in [5.41, 5.74) is 3.55. The molecule has 4 rings (SSSR count). The van der Waals surface area contributed by atoms with E-state index in [4.69, 9.17) is 9.47 Å². The Balaban J connectivity index is 1.59. The second-order valence-electron chi connectivity index (χ2n) is 7.07. The van der Waals surface area contributed by atoms with Crippen LogP contribution >= 0.6 is 0 Å². The van der Waals surface area contributed by atoms with Crippen molar-refractivity contribution in [3.8, 4) is 11.6 Å². The van der Waals surface area contributed by atoms with Gasteiger partial charge in [-0.1, -0.05) is 0 Å². The second-order valence-corrected chi connectivity index (χ2v) is 8.98. The standard InChI is InChI=1S/C20H22N4O4S/c1-27-16-5-4-13-8-14(19(28-2)22-18(13)9-16)11-24-7-6-17-15(12-24)10-21-20(23-17)29(3,25)26/h4-5,8-10H,6-7,11-12H2,1-3H3. The summed E-state index contributed by atoms with van der Waals surface area (Å²) in [5, 5.41) is 0.903. The Morgan fingerprint density at radius 3 is 2.69 bits per heavy atom. The van der Waals surface area contributed by atoms with Gasteiger partial charge in [-0.15, -0.1) is 0 Å². The van der Waals surface area contributed by atoms with Gasteiger partial charge in [-0.2, -0.15) is 0 Å². The van der Waals surface area contributed by atoms with Gasteiger partial charge < -0.3 is 9.47 Å². The molecule has 0 saturated heterocycles. The minimum Gasteiger partial charge on any atom is -0.497 e. The number of hydrogen-bond acceptors (Lipinski definition) is 8. The number of sulfone groups is 1. The molecule has 0 amide bonds. The SMILES string of the molecule is COc1ccc2cc(CN3CCc4nc(S(C)(=O)=O)ncc4C3)c(OC)nc2c1. The van der Waals surface area contributed by atoms with Crippen LogP contribution in [0, 0.1) is 0 Å². The summed E-state index contributed by atoms with van der Waals surface area (Å²) in [6, 6.07) is 7.86. The third-order valence-corrected chi connectivity index (χ3v) is 5.83. The summed E-state index contributed by atoms with van der Waals surface area (Å²) < 4.78 is 34.1. The van der Waals surface area contributed by atoms with Gasteiger partial charge in [0.1, 0.15) is 5.75 Å². The minimum absolute atomic E-state index is 0.111. The molecule has 1 aliphatic heterocycles. The molecule has 0 radical (unpaired) electrons. The van der Waals surface area contributed by atoms with Gasteiger partial charge in [0.2, 0.25) is 20.9 Å². The average Bonchev–Trinajstić information content (AvgIpc) is 2.71. The molecule has 0 atom stereocenters. The van der Waals surface area contributed by atoms with Gasteiger partial charge in [0.15, 0.2) is 0 Å². The number of hydrogen-bond donors (Lipinski definition) is 0. The normalized spacial score (nSPS) is 14.6. The van der Waals surface area contributed by atoms with E-state index < -0.39 is 9.84 Å². The molecule has 8 nitrogen and oxygen atoms in total. The Morgan fingerprint density at radius 1 is 1.14 bits per heavy atom. The molecular weight excluding hydrogens is 392 g/mol. The Morgan fingerprint density at radius 2 is 1.97 bits per heavy atom. The van der Waals surface area contributed by atoms with Crippen LogP contribution in [0.4, 0.5) is 0 Å². The summed E-state index contributed by atoms with van der Waals surface area (Å²) in [4.78, 5) is 15.1. The summed E-state index contributed by atoms with van der Waals surface area (Å²) in [5.74, 6) is 1.33. The Kier molecular flexibility index (Phi) is 5.10. The van der Waals surface area contributed by atoms with Crippen molar-refractivity contribution in [1.82, 2.24) is 19.9 Å². The number of rotatable bonds is 5. The van der Waals surface area contributed by atoms with E-state index >= 15 is 0 Å². The first kappa shape index (κ1) is 19.5. The van der Waals surface area contributed by atoms with Gasteiger partial charge in [0, 0.05) is 61.1 Å². The van der Waals surface area contributed by atoms with Crippen molar-refractivity contribution in [3.63, 3.8) is 0 Å². The van der Waals surface area contributed by atoms with Crippen molar-refractivity contribution in [2.45, 2.75) is 24.7 Å². The zero-order valence-corrected chi connectivity index (χ0v) is 17.4. The molecule has 1 aliphatic rings. The number of aromatic nitrogens is 3. The number of methoxy groups -OCH3 is 2. The van der Waals surface area contributed by atoms with E-state index in [-0.39, 0.29) is 5.16 Å². The number of ether oxygens (including phenoxy) is 2. The lowest BCUT2D eigenvalue weighted by Gasteiger charge is -2.28. The highest BCUT2D eigenvalue weighted by molar-refractivity contribution is 7.90. The predicted molar refractivity (Wildman–Crippen MR) is 108 cm³/mol. The Bertz CT molecular complexity index is 1180. The zero-order valence-electron chi connectivity index (χ0n) is 16.5. The quantitative estimate of drug-likeness (QED) is 0.585. The Hall–Kier alpha value is -2.78. The first-order valence-electron chi connectivity index (χ1n) is 9.16. The first-order valence-corrected chi connectivity index (χ1v) is 11.1.